The van der Waals surface area contributed by atoms with E-state index in [4.69, 9.17) is 0 Å². The number of tetrazole rings is 1. The minimum absolute atomic E-state index is 0.140. The molecule has 0 bridgehead atoms. The van der Waals surface area contributed by atoms with Crippen LogP contribution in [0.4, 0.5) is 4.39 Å². The number of thioether (sulfide) groups is 1. The van der Waals surface area contributed by atoms with E-state index in [0.717, 1.165) is 5.56 Å². The van der Waals surface area contributed by atoms with Crippen LogP contribution in [0, 0.1) is 12.7 Å². The van der Waals surface area contributed by atoms with E-state index in [9.17, 15) is 9.18 Å². The summed E-state index contributed by atoms with van der Waals surface area (Å²) in [6, 6.07) is 11.2. The van der Waals surface area contributed by atoms with E-state index >= 15 is 0 Å². The molecule has 0 saturated heterocycles. The standard InChI is InChI=1S/C17H13FN6OS/c1-11-5-6-15-19-13(8-16(25)23(15)9-11)10-26-17-20-21-22-24(17)14-4-2-3-12(18)7-14/h2-9H,10H2,1H3. The maximum absolute atomic E-state index is 13.4. The van der Waals surface area contributed by atoms with Gasteiger partial charge in [-0.1, -0.05) is 23.9 Å². The van der Waals surface area contributed by atoms with Gasteiger partial charge in [-0.2, -0.15) is 4.68 Å². The second-order valence-corrected chi connectivity index (χ2v) is 6.60. The van der Waals surface area contributed by atoms with Crippen molar-refractivity contribution in [3.8, 4) is 5.69 Å². The van der Waals surface area contributed by atoms with Crippen LogP contribution in [-0.2, 0) is 5.75 Å². The Kier molecular flexibility index (Phi) is 4.21. The Balaban J connectivity index is 1.61. The summed E-state index contributed by atoms with van der Waals surface area (Å²) in [5.41, 5.74) is 2.58. The molecule has 0 aliphatic heterocycles. The largest absolute Gasteiger partial charge is 0.269 e. The van der Waals surface area contributed by atoms with Gasteiger partial charge in [-0.05, 0) is 47.2 Å². The Morgan fingerprint density at radius 3 is 2.92 bits per heavy atom. The van der Waals surface area contributed by atoms with E-state index in [1.807, 2.05) is 19.1 Å². The van der Waals surface area contributed by atoms with Crippen LogP contribution < -0.4 is 5.56 Å². The number of aromatic nitrogens is 6. The monoisotopic (exact) mass is 368 g/mol. The molecule has 3 heterocycles. The molecule has 0 unspecified atom stereocenters. The lowest BCUT2D eigenvalue weighted by Crippen LogP contribution is -2.15. The van der Waals surface area contributed by atoms with E-state index in [0.29, 0.717) is 27.9 Å². The van der Waals surface area contributed by atoms with Crippen LogP contribution in [-0.4, -0.2) is 29.6 Å². The quantitative estimate of drug-likeness (QED) is 0.515. The van der Waals surface area contributed by atoms with Crippen molar-refractivity contribution in [2.75, 3.05) is 0 Å². The SMILES string of the molecule is Cc1ccc2nc(CSc3nnnn3-c3cccc(F)c3)cc(=O)n2c1. The van der Waals surface area contributed by atoms with Gasteiger partial charge in [0, 0.05) is 18.0 Å². The summed E-state index contributed by atoms with van der Waals surface area (Å²) in [6.45, 7) is 1.92. The second-order valence-electron chi connectivity index (χ2n) is 5.66. The molecule has 1 aromatic carbocycles. The predicted molar refractivity (Wildman–Crippen MR) is 94.9 cm³/mol. The first-order valence-electron chi connectivity index (χ1n) is 7.76. The third kappa shape index (κ3) is 3.21. The molecule has 0 amide bonds. The highest BCUT2D eigenvalue weighted by Crippen LogP contribution is 2.21. The molecule has 3 aromatic heterocycles. The van der Waals surface area contributed by atoms with Gasteiger partial charge in [0.1, 0.15) is 11.5 Å². The maximum Gasteiger partial charge on any atom is 0.258 e. The topological polar surface area (TPSA) is 78.0 Å². The first kappa shape index (κ1) is 16.4. The van der Waals surface area contributed by atoms with Crippen molar-refractivity contribution < 1.29 is 4.39 Å². The van der Waals surface area contributed by atoms with E-state index < -0.39 is 0 Å². The Hall–Kier alpha value is -3.07. The highest BCUT2D eigenvalue weighted by molar-refractivity contribution is 7.98. The molecule has 4 aromatic rings. The average Bonchev–Trinajstić information content (AvgIpc) is 3.09. The number of pyridine rings is 1. The third-order valence-electron chi connectivity index (χ3n) is 3.70. The molecule has 26 heavy (non-hydrogen) atoms. The van der Waals surface area contributed by atoms with Crippen LogP contribution in [0.3, 0.4) is 0 Å². The smallest absolute Gasteiger partial charge is 0.258 e. The number of fused-ring (bicyclic) bond motifs is 1. The highest BCUT2D eigenvalue weighted by atomic mass is 32.2. The number of nitrogens with zero attached hydrogens (tertiary/aromatic N) is 6. The first-order chi connectivity index (χ1) is 12.6. The second kappa shape index (κ2) is 6.68. The lowest BCUT2D eigenvalue weighted by Gasteiger charge is -2.06. The minimum atomic E-state index is -0.367. The van der Waals surface area contributed by atoms with Crippen molar-refractivity contribution in [1.82, 2.24) is 29.6 Å². The van der Waals surface area contributed by atoms with E-state index in [2.05, 4.69) is 20.5 Å². The number of halogens is 1. The lowest BCUT2D eigenvalue weighted by molar-refractivity contribution is 0.623. The minimum Gasteiger partial charge on any atom is -0.269 e. The Morgan fingerprint density at radius 1 is 1.19 bits per heavy atom. The molecule has 130 valence electrons. The van der Waals surface area contributed by atoms with E-state index in [1.165, 1.54) is 39.0 Å². The normalized spacial score (nSPS) is 11.2. The molecule has 0 N–H and O–H groups in total. The van der Waals surface area contributed by atoms with Gasteiger partial charge < -0.3 is 0 Å². The fourth-order valence-electron chi connectivity index (χ4n) is 2.51. The van der Waals surface area contributed by atoms with Gasteiger partial charge in [-0.3, -0.25) is 9.20 Å². The summed E-state index contributed by atoms with van der Waals surface area (Å²) in [7, 11) is 0. The van der Waals surface area contributed by atoms with Crippen LogP contribution in [0.2, 0.25) is 0 Å². The van der Waals surface area contributed by atoms with Gasteiger partial charge >= 0.3 is 0 Å². The van der Waals surface area contributed by atoms with E-state index in [-0.39, 0.29) is 11.4 Å². The van der Waals surface area contributed by atoms with Crippen molar-refractivity contribution in [1.29, 1.82) is 0 Å². The zero-order chi connectivity index (χ0) is 18.1. The van der Waals surface area contributed by atoms with Crippen LogP contribution in [0.5, 0.6) is 0 Å². The zero-order valence-corrected chi connectivity index (χ0v) is 14.5. The van der Waals surface area contributed by atoms with Gasteiger partial charge in [0.05, 0.1) is 11.4 Å². The third-order valence-corrected chi connectivity index (χ3v) is 4.66. The van der Waals surface area contributed by atoms with Crippen molar-refractivity contribution in [2.24, 2.45) is 0 Å². The predicted octanol–water partition coefficient (Wildman–Crippen LogP) is 2.41. The van der Waals surface area contributed by atoms with Gasteiger partial charge in [0.2, 0.25) is 5.16 Å². The number of aryl methyl sites for hydroxylation is 1. The number of hydrogen-bond acceptors (Lipinski definition) is 6. The highest BCUT2D eigenvalue weighted by Gasteiger charge is 2.11. The molecule has 4 rings (SSSR count). The Labute approximate surface area is 151 Å². The molecule has 0 radical (unpaired) electrons. The fourth-order valence-corrected chi connectivity index (χ4v) is 3.29. The average molecular weight is 368 g/mol. The van der Waals surface area contributed by atoms with Crippen LogP contribution in [0.25, 0.3) is 11.3 Å². The number of rotatable bonds is 4. The summed E-state index contributed by atoms with van der Waals surface area (Å²) in [6.07, 6.45) is 1.76. The zero-order valence-electron chi connectivity index (χ0n) is 13.7. The van der Waals surface area contributed by atoms with E-state index in [1.54, 1.807) is 18.3 Å². The molecular formula is C17H13FN6OS. The van der Waals surface area contributed by atoms with Gasteiger partial charge in [0.15, 0.2) is 0 Å². The number of benzene rings is 1. The molecule has 9 heteroatoms. The summed E-state index contributed by atoms with van der Waals surface area (Å²) in [4.78, 5) is 16.8. The Morgan fingerprint density at radius 2 is 2.08 bits per heavy atom. The number of hydrogen-bond donors (Lipinski definition) is 0. The lowest BCUT2D eigenvalue weighted by atomic mass is 10.3. The van der Waals surface area contributed by atoms with Crippen molar-refractivity contribution in [3.63, 3.8) is 0 Å². The molecule has 0 spiro atoms. The van der Waals surface area contributed by atoms with Crippen LogP contribution >= 0.6 is 11.8 Å². The first-order valence-corrected chi connectivity index (χ1v) is 8.75. The van der Waals surface area contributed by atoms with Gasteiger partial charge in [-0.25, -0.2) is 9.37 Å². The summed E-state index contributed by atoms with van der Waals surface area (Å²) in [5, 5.41) is 12.0. The molecule has 0 aliphatic carbocycles. The van der Waals surface area contributed by atoms with Crippen LogP contribution in [0.1, 0.15) is 11.3 Å². The molecule has 0 aliphatic rings. The van der Waals surface area contributed by atoms with Crippen LogP contribution in [0.15, 0.2) is 58.6 Å². The summed E-state index contributed by atoms with van der Waals surface area (Å²) in [5.74, 6) is 0.0448. The summed E-state index contributed by atoms with van der Waals surface area (Å²) < 4.78 is 16.4. The van der Waals surface area contributed by atoms with Crippen molar-refractivity contribution >= 4 is 17.4 Å². The van der Waals surface area contributed by atoms with Crippen molar-refractivity contribution in [2.45, 2.75) is 17.8 Å². The molecule has 0 atom stereocenters. The fraction of sp³-hybridized carbons (Fsp3) is 0.118. The Bertz CT molecular complexity index is 1160. The van der Waals surface area contributed by atoms with Gasteiger partial charge in [-0.15, -0.1) is 5.10 Å². The molecular weight excluding hydrogens is 355 g/mol. The van der Waals surface area contributed by atoms with Gasteiger partial charge in [0.25, 0.3) is 5.56 Å². The molecule has 7 nitrogen and oxygen atoms in total. The molecule has 0 fully saturated rings. The molecule has 0 saturated carbocycles. The van der Waals surface area contributed by atoms with Crippen molar-refractivity contribution in [3.05, 3.63) is 76.1 Å². The summed E-state index contributed by atoms with van der Waals surface area (Å²) >= 11 is 1.32. The maximum atomic E-state index is 13.4.